The highest BCUT2D eigenvalue weighted by Crippen LogP contribution is 2.11. The van der Waals surface area contributed by atoms with E-state index in [4.69, 9.17) is 5.73 Å². The maximum absolute atomic E-state index is 5.38. The molecule has 3 heteroatoms. The molecule has 1 nitrogen and oxygen atoms in total. The molecule has 0 fully saturated rings. The summed E-state index contributed by atoms with van der Waals surface area (Å²) in [5.41, 5.74) is 5.38. The molecule has 0 atom stereocenters. The van der Waals surface area contributed by atoms with Crippen LogP contribution in [0.2, 0.25) is 19.6 Å². The molecular weight excluding hydrogens is 158 g/mol. The standard InChI is InChI=1S/C7H19NSSi/c1-10(2,3)7-9-6-4-5-8/h4-8H2,1-3H3. The molecule has 0 aliphatic heterocycles. The smallest absolute Gasteiger partial charge is 0.0548 e. The predicted molar refractivity (Wildman–Crippen MR) is 54.3 cm³/mol. The molecule has 10 heavy (non-hydrogen) atoms. The van der Waals surface area contributed by atoms with E-state index in [-0.39, 0.29) is 0 Å². The molecule has 0 aliphatic rings. The zero-order valence-corrected chi connectivity index (χ0v) is 9.13. The van der Waals surface area contributed by atoms with Gasteiger partial charge in [0.2, 0.25) is 0 Å². The van der Waals surface area contributed by atoms with Gasteiger partial charge in [-0.05, 0) is 24.1 Å². The number of nitrogens with two attached hydrogens (primary N) is 1. The monoisotopic (exact) mass is 177 g/mol. The summed E-state index contributed by atoms with van der Waals surface area (Å²) in [6.07, 6.45) is 1.18. The first kappa shape index (κ1) is 10.5. The van der Waals surface area contributed by atoms with Crippen LogP contribution in [0.3, 0.4) is 0 Å². The fourth-order valence-electron chi connectivity index (χ4n) is 0.564. The zero-order chi connectivity index (χ0) is 8.04. The first-order valence-electron chi connectivity index (χ1n) is 3.84. The lowest BCUT2D eigenvalue weighted by Gasteiger charge is -2.14. The van der Waals surface area contributed by atoms with Crippen molar-refractivity contribution in [1.82, 2.24) is 0 Å². The van der Waals surface area contributed by atoms with Gasteiger partial charge in [-0.3, -0.25) is 0 Å². The molecule has 0 aromatic heterocycles. The first-order chi connectivity index (χ1) is 4.56. The van der Waals surface area contributed by atoms with Crippen molar-refractivity contribution in [2.45, 2.75) is 26.1 Å². The maximum Gasteiger partial charge on any atom is 0.0548 e. The van der Waals surface area contributed by atoms with Crippen molar-refractivity contribution in [3.63, 3.8) is 0 Å². The van der Waals surface area contributed by atoms with E-state index in [1.165, 1.54) is 17.5 Å². The molecule has 0 unspecified atom stereocenters. The second kappa shape index (κ2) is 5.21. The maximum atomic E-state index is 5.38. The van der Waals surface area contributed by atoms with E-state index in [2.05, 4.69) is 31.4 Å². The Morgan fingerprint density at radius 1 is 1.30 bits per heavy atom. The summed E-state index contributed by atoms with van der Waals surface area (Å²) in [6, 6.07) is 0. The Bertz CT molecular complexity index is 80.2. The second-order valence-electron chi connectivity index (χ2n) is 3.76. The summed E-state index contributed by atoms with van der Waals surface area (Å²) in [5.74, 6) is 1.25. The number of rotatable bonds is 5. The summed E-state index contributed by atoms with van der Waals surface area (Å²) < 4.78 is 0. The van der Waals surface area contributed by atoms with Crippen molar-refractivity contribution in [2.75, 3.05) is 17.7 Å². The van der Waals surface area contributed by atoms with Crippen molar-refractivity contribution in [3.05, 3.63) is 0 Å². The molecule has 0 saturated heterocycles. The van der Waals surface area contributed by atoms with E-state index < -0.39 is 8.07 Å². The number of hydrogen-bond donors (Lipinski definition) is 1. The Labute approximate surface area is 69.8 Å². The van der Waals surface area contributed by atoms with E-state index in [0.717, 1.165) is 6.54 Å². The van der Waals surface area contributed by atoms with Crippen LogP contribution in [0, 0.1) is 0 Å². The summed E-state index contributed by atoms with van der Waals surface area (Å²) in [4.78, 5) is 0. The lowest BCUT2D eigenvalue weighted by molar-refractivity contribution is 0.944. The third kappa shape index (κ3) is 8.53. The molecular formula is C7H19NSSi. The fraction of sp³-hybridized carbons (Fsp3) is 1.00. The Morgan fingerprint density at radius 2 is 1.90 bits per heavy atom. The van der Waals surface area contributed by atoms with Crippen LogP contribution in [0.15, 0.2) is 0 Å². The number of thioether (sulfide) groups is 1. The van der Waals surface area contributed by atoms with Gasteiger partial charge in [0, 0.05) is 0 Å². The van der Waals surface area contributed by atoms with Crippen LogP contribution in [0.25, 0.3) is 0 Å². The highest BCUT2D eigenvalue weighted by molar-refractivity contribution is 8.00. The van der Waals surface area contributed by atoms with Crippen LogP contribution in [0.1, 0.15) is 6.42 Å². The highest BCUT2D eigenvalue weighted by atomic mass is 32.2. The quantitative estimate of drug-likeness (QED) is 0.513. The van der Waals surface area contributed by atoms with E-state index >= 15 is 0 Å². The molecule has 0 radical (unpaired) electrons. The second-order valence-corrected chi connectivity index (χ2v) is 10.8. The van der Waals surface area contributed by atoms with Gasteiger partial charge in [0.25, 0.3) is 0 Å². The average molecular weight is 177 g/mol. The molecule has 0 saturated carbocycles. The van der Waals surface area contributed by atoms with Gasteiger partial charge in [-0.15, -0.1) is 0 Å². The summed E-state index contributed by atoms with van der Waals surface area (Å²) >= 11 is 2.07. The van der Waals surface area contributed by atoms with Gasteiger partial charge in [-0.25, -0.2) is 0 Å². The molecule has 0 amide bonds. The molecule has 0 aromatic rings. The normalized spacial score (nSPS) is 12.0. The molecule has 0 heterocycles. The molecule has 0 rings (SSSR count). The van der Waals surface area contributed by atoms with E-state index in [1.54, 1.807) is 0 Å². The highest BCUT2D eigenvalue weighted by Gasteiger charge is 2.11. The van der Waals surface area contributed by atoms with Gasteiger partial charge in [0.15, 0.2) is 0 Å². The van der Waals surface area contributed by atoms with Gasteiger partial charge in [0.05, 0.1) is 8.07 Å². The van der Waals surface area contributed by atoms with Crippen molar-refractivity contribution >= 4 is 19.8 Å². The third-order valence-corrected chi connectivity index (χ3v) is 5.89. The molecule has 0 aliphatic carbocycles. The Balaban J connectivity index is 3.04. The lowest BCUT2D eigenvalue weighted by Crippen LogP contribution is -2.24. The van der Waals surface area contributed by atoms with E-state index in [0.29, 0.717) is 0 Å². The van der Waals surface area contributed by atoms with Crippen LogP contribution in [0.5, 0.6) is 0 Å². The molecule has 62 valence electrons. The van der Waals surface area contributed by atoms with Gasteiger partial charge in [-0.2, -0.15) is 11.8 Å². The topological polar surface area (TPSA) is 26.0 Å². The minimum atomic E-state index is -0.785. The third-order valence-electron chi connectivity index (χ3n) is 1.03. The largest absolute Gasteiger partial charge is 0.330 e. The molecule has 0 spiro atoms. The zero-order valence-electron chi connectivity index (χ0n) is 7.31. The summed E-state index contributed by atoms with van der Waals surface area (Å²) in [5, 5.41) is 1.38. The Kier molecular flexibility index (Phi) is 5.49. The first-order valence-corrected chi connectivity index (χ1v) is 8.70. The minimum Gasteiger partial charge on any atom is -0.330 e. The van der Waals surface area contributed by atoms with Crippen LogP contribution in [0.4, 0.5) is 0 Å². The van der Waals surface area contributed by atoms with Gasteiger partial charge >= 0.3 is 0 Å². The Morgan fingerprint density at radius 3 is 2.30 bits per heavy atom. The molecule has 0 bridgehead atoms. The summed E-state index contributed by atoms with van der Waals surface area (Å²) in [6.45, 7) is 8.06. The predicted octanol–water partition coefficient (Wildman–Crippen LogP) is 1.95. The van der Waals surface area contributed by atoms with Crippen molar-refractivity contribution < 1.29 is 0 Å². The van der Waals surface area contributed by atoms with Gasteiger partial charge in [0.1, 0.15) is 0 Å². The minimum absolute atomic E-state index is 0.785. The average Bonchev–Trinajstić information content (AvgIpc) is 1.78. The van der Waals surface area contributed by atoms with Crippen molar-refractivity contribution in [3.8, 4) is 0 Å². The Hall–Kier alpha value is 0.527. The molecule has 2 N–H and O–H groups in total. The van der Waals surface area contributed by atoms with Crippen LogP contribution < -0.4 is 5.73 Å². The van der Waals surface area contributed by atoms with Crippen LogP contribution in [-0.4, -0.2) is 25.7 Å². The van der Waals surface area contributed by atoms with E-state index in [9.17, 15) is 0 Å². The van der Waals surface area contributed by atoms with Gasteiger partial charge in [-0.1, -0.05) is 19.6 Å². The lowest BCUT2D eigenvalue weighted by atomic mass is 10.5. The fourth-order valence-corrected chi connectivity index (χ4v) is 3.96. The van der Waals surface area contributed by atoms with Crippen LogP contribution in [-0.2, 0) is 0 Å². The molecule has 0 aromatic carbocycles. The summed E-state index contributed by atoms with van der Waals surface area (Å²) in [7, 11) is -0.785. The van der Waals surface area contributed by atoms with E-state index in [1.807, 2.05) is 0 Å². The van der Waals surface area contributed by atoms with Gasteiger partial charge < -0.3 is 5.73 Å². The van der Waals surface area contributed by atoms with Crippen LogP contribution >= 0.6 is 11.8 Å². The van der Waals surface area contributed by atoms with Crippen molar-refractivity contribution in [2.24, 2.45) is 5.73 Å². The SMILES string of the molecule is C[Si](C)(C)CSCCCN. The number of hydrogen-bond acceptors (Lipinski definition) is 2. The van der Waals surface area contributed by atoms with Crippen molar-refractivity contribution in [1.29, 1.82) is 0 Å².